The molecule has 1 fully saturated rings. The standard InChI is InChI=1S/C33H35N3O5/c1-33(2,3)41-32(39)36-17-14-27(29(20-36)40-21-23-10-11-24-6-4-5-7-26(24)18-23)25-12-8-22(9-13-25)19-28-30(31(37)38)35-16-15-34-28/h4-13,15-16,18,27,29H,14,17,19-21H2,1-3H3,(H,37,38). The van der Waals surface area contributed by atoms with Gasteiger partial charge < -0.3 is 19.5 Å². The molecule has 1 N–H and O–H groups in total. The average Bonchev–Trinajstić information content (AvgIpc) is 2.95. The number of carboxylic acids is 1. The predicted octanol–water partition coefficient (Wildman–Crippen LogP) is 6.23. The molecule has 41 heavy (non-hydrogen) atoms. The molecule has 5 rings (SSSR count). The van der Waals surface area contributed by atoms with E-state index >= 15 is 0 Å². The monoisotopic (exact) mass is 553 g/mol. The number of hydrogen-bond acceptors (Lipinski definition) is 6. The lowest BCUT2D eigenvalue weighted by Gasteiger charge is -2.39. The van der Waals surface area contributed by atoms with Crippen molar-refractivity contribution in [3.05, 3.63) is 107 Å². The summed E-state index contributed by atoms with van der Waals surface area (Å²) in [7, 11) is 0. The predicted molar refractivity (Wildman–Crippen MR) is 156 cm³/mol. The molecule has 0 saturated carbocycles. The van der Waals surface area contributed by atoms with E-state index in [0.29, 0.717) is 31.8 Å². The molecule has 2 atom stereocenters. The molecule has 1 amide bonds. The Kier molecular flexibility index (Phi) is 8.31. The van der Waals surface area contributed by atoms with E-state index in [9.17, 15) is 14.7 Å². The number of ether oxygens (including phenoxy) is 2. The molecule has 8 heteroatoms. The largest absolute Gasteiger partial charge is 0.476 e. The van der Waals surface area contributed by atoms with Gasteiger partial charge in [-0.25, -0.2) is 14.6 Å². The fourth-order valence-electron chi connectivity index (χ4n) is 5.24. The third-order valence-electron chi connectivity index (χ3n) is 7.24. The molecule has 4 aromatic rings. The third-order valence-corrected chi connectivity index (χ3v) is 7.24. The molecule has 2 unspecified atom stereocenters. The van der Waals surface area contributed by atoms with Gasteiger partial charge in [0.05, 0.1) is 24.9 Å². The summed E-state index contributed by atoms with van der Waals surface area (Å²) in [6.45, 7) is 7.03. The Balaban J connectivity index is 1.34. The summed E-state index contributed by atoms with van der Waals surface area (Å²) >= 11 is 0. The number of hydrogen-bond donors (Lipinski definition) is 1. The number of carbonyl (C=O) groups excluding carboxylic acids is 1. The van der Waals surface area contributed by atoms with Crippen molar-refractivity contribution in [2.45, 2.75) is 57.8 Å². The van der Waals surface area contributed by atoms with Gasteiger partial charge in [-0.3, -0.25) is 4.98 Å². The van der Waals surface area contributed by atoms with E-state index < -0.39 is 11.6 Å². The number of rotatable bonds is 7. The van der Waals surface area contributed by atoms with Crippen LogP contribution in [0.1, 0.15) is 66.0 Å². The molecule has 0 spiro atoms. The van der Waals surface area contributed by atoms with Crippen LogP contribution in [0.25, 0.3) is 10.8 Å². The second-order valence-corrected chi connectivity index (χ2v) is 11.4. The Morgan fingerprint density at radius 3 is 2.39 bits per heavy atom. The van der Waals surface area contributed by atoms with Gasteiger partial charge in [-0.05, 0) is 60.7 Å². The molecular weight excluding hydrogens is 518 g/mol. The maximum atomic E-state index is 12.9. The van der Waals surface area contributed by atoms with Gasteiger partial charge in [-0.1, -0.05) is 60.7 Å². The van der Waals surface area contributed by atoms with Crippen LogP contribution in [0.3, 0.4) is 0 Å². The minimum absolute atomic E-state index is 0.0340. The number of nitrogens with zero attached hydrogens (tertiary/aromatic N) is 3. The van der Waals surface area contributed by atoms with Gasteiger partial charge in [0.1, 0.15) is 5.60 Å². The Bertz CT molecular complexity index is 1530. The van der Waals surface area contributed by atoms with Gasteiger partial charge in [-0.2, -0.15) is 0 Å². The number of fused-ring (bicyclic) bond motifs is 1. The number of benzene rings is 3. The fourth-order valence-corrected chi connectivity index (χ4v) is 5.24. The molecule has 1 aromatic heterocycles. The lowest BCUT2D eigenvalue weighted by Crippen LogP contribution is -2.48. The molecule has 1 aliphatic rings. The van der Waals surface area contributed by atoms with Crippen molar-refractivity contribution in [3.8, 4) is 0 Å². The van der Waals surface area contributed by atoms with Crippen LogP contribution >= 0.6 is 0 Å². The molecule has 0 bridgehead atoms. The zero-order chi connectivity index (χ0) is 29.0. The Labute approximate surface area is 240 Å². The zero-order valence-electron chi connectivity index (χ0n) is 23.6. The number of amides is 1. The van der Waals surface area contributed by atoms with Crippen LogP contribution in [0.5, 0.6) is 0 Å². The zero-order valence-corrected chi connectivity index (χ0v) is 23.6. The first-order valence-electron chi connectivity index (χ1n) is 13.9. The third kappa shape index (κ3) is 7.08. The van der Waals surface area contributed by atoms with Crippen molar-refractivity contribution < 1.29 is 24.2 Å². The molecule has 2 heterocycles. The minimum atomic E-state index is -1.09. The van der Waals surface area contributed by atoms with E-state index in [1.165, 1.54) is 17.8 Å². The molecule has 212 valence electrons. The van der Waals surface area contributed by atoms with Crippen LogP contribution in [0.15, 0.2) is 79.1 Å². The number of aromatic carboxylic acids is 1. The summed E-state index contributed by atoms with van der Waals surface area (Å²) in [5, 5.41) is 11.8. The molecule has 1 aliphatic heterocycles. The van der Waals surface area contributed by atoms with Gasteiger partial charge in [-0.15, -0.1) is 0 Å². The summed E-state index contributed by atoms with van der Waals surface area (Å²) in [6, 6.07) is 22.7. The van der Waals surface area contributed by atoms with Gasteiger partial charge >= 0.3 is 12.1 Å². The lowest BCUT2D eigenvalue weighted by atomic mass is 9.86. The number of piperidine rings is 1. The summed E-state index contributed by atoms with van der Waals surface area (Å²) < 4.78 is 12.2. The van der Waals surface area contributed by atoms with E-state index in [1.54, 1.807) is 4.90 Å². The van der Waals surface area contributed by atoms with E-state index in [1.807, 2.05) is 45.0 Å². The second kappa shape index (κ2) is 12.1. The van der Waals surface area contributed by atoms with Crippen molar-refractivity contribution >= 4 is 22.8 Å². The summed E-state index contributed by atoms with van der Waals surface area (Å²) in [6.07, 6.45) is 3.43. The number of likely N-dealkylation sites (tertiary alicyclic amines) is 1. The van der Waals surface area contributed by atoms with Crippen LogP contribution in [-0.2, 0) is 22.5 Å². The molecule has 1 saturated heterocycles. The second-order valence-electron chi connectivity index (χ2n) is 11.4. The number of aromatic nitrogens is 2. The fraction of sp³-hybridized carbons (Fsp3) is 0.333. The Morgan fingerprint density at radius 2 is 1.66 bits per heavy atom. The first kappa shape index (κ1) is 28.2. The molecular formula is C33H35N3O5. The topological polar surface area (TPSA) is 102 Å². The van der Waals surface area contributed by atoms with Crippen LogP contribution in [-0.4, -0.2) is 56.8 Å². The molecule has 8 nitrogen and oxygen atoms in total. The quantitative estimate of drug-likeness (QED) is 0.289. The molecule has 3 aromatic carbocycles. The Morgan fingerprint density at radius 1 is 0.951 bits per heavy atom. The Hall–Kier alpha value is -4.30. The SMILES string of the molecule is CC(C)(C)OC(=O)N1CCC(c2ccc(Cc3nccnc3C(=O)O)cc2)C(OCc2ccc3ccccc3c2)C1. The summed E-state index contributed by atoms with van der Waals surface area (Å²) in [4.78, 5) is 34.4. The van der Waals surface area contributed by atoms with Gasteiger partial charge in [0.15, 0.2) is 5.69 Å². The first-order chi connectivity index (χ1) is 19.7. The smallest absolute Gasteiger partial charge is 0.410 e. The average molecular weight is 554 g/mol. The maximum Gasteiger partial charge on any atom is 0.410 e. The van der Waals surface area contributed by atoms with Gasteiger partial charge in [0.2, 0.25) is 0 Å². The molecule has 0 radical (unpaired) electrons. The molecule has 0 aliphatic carbocycles. The van der Waals surface area contributed by atoms with Crippen molar-refractivity contribution in [2.75, 3.05) is 13.1 Å². The highest BCUT2D eigenvalue weighted by molar-refractivity contribution is 5.86. The van der Waals surface area contributed by atoms with Crippen LogP contribution in [0, 0.1) is 0 Å². The van der Waals surface area contributed by atoms with Crippen LogP contribution < -0.4 is 0 Å². The van der Waals surface area contributed by atoms with Crippen molar-refractivity contribution in [1.29, 1.82) is 0 Å². The minimum Gasteiger partial charge on any atom is -0.476 e. The highest BCUT2D eigenvalue weighted by Crippen LogP contribution is 2.32. The van der Waals surface area contributed by atoms with E-state index in [0.717, 1.165) is 28.5 Å². The van der Waals surface area contributed by atoms with E-state index in [4.69, 9.17) is 9.47 Å². The lowest BCUT2D eigenvalue weighted by molar-refractivity contribution is -0.0359. The van der Waals surface area contributed by atoms with Gasteiger partial charge in [0.25, 0.3) is 0 Å². The number of carboxylic acid groups (broad SMARTS) is 1. The van der Waals surface area contributed by atoms with Gasteiger partial charge in [0, 0.05) is 31.3 Å². The van der Waals surface area contributed by atoms with E-state index in [-0.39, 0.29) is 23.8 Å². The normalized spacial score (nSPS) is 17.4. The van der Waals surface area contributed by atoms with E-state index in [2.05, 4.69) is 52.4 Å². The van der Waals surface area contributed by atoms with Crippen LogP contribution in [0.4, 0.5) is 4.79 Å². The van der Waals surface area contributed by atoms with Crippen molar-refractivity contribution in [2.24, 2.45) is 0 Å². The summed E-state index contributed by atoms with van der Waals surface area (Å²) in [5.74, 6) is -1.01. The summed E-state index contributed by atoms with van der Waals surface area (Å²) in [5.41, 5.74) is 2.94. The number of carbonyl (C=O) groups is 2. The van der Waals surface area contributed by atoms with Crippen molar-refractivity contribution in [1.82, 2.24) is 14.9 Å². The highest BCUT2D eigenvalue weighted by Gasteiger charge is 2.35. The first-order valence-corrected chi connectivity index (χ1v) is 13.9. The highest BCUT2D eigenvalue weighted by atomic mass is 16.6. The van der Waals surface area contributed by atoms with Crippen molar-refractivity contribution in [3.63, 3.8) is 0 Å². The maximum absolute atomic E-state index is 12.9. The van der Waals surface area contributed by atoms with Crippen LogP contribution in [0.2, 0.25) is 0 Å².